The van der Waals surface area contributed by atoms with E-state index in [9.17, 15) is 13.6 Å². The van der Waals surface area contributed by atoms with E-state index in [-0.39, 0.29) is 10.0 Å². The lowest BCUT2D eigenvalue weighted by Gasteiger charge is -2.03. The Morgan fingerprint density at radius 2 is 2.15 bits per heavy atom. The fourth-order valence-electron chi connectivity index (χ4n) is 0.813. The normalized spacial score (nSPS) is 12.5. The van der Waals surface area contributed by atoms with Crippen molar-refractivity contribution >= 4 is 21.9 Å². The number of alkyl halides is 1. The smallest absolute Gasteiger partial charge is 0.343 e. The number of hydrogen-bond acceptors (Lipinski definition) is 1. The molecule has 0 aliphatic carbocycles. The Morgan fingerprint density at radius 3 is 2.62 bits per heavy atom. The fourth-order valence-corrected chi connectivity index (χ4v) is 1.21. The molecule has 1 rings (SSSR count). The number of benzene rings is 1. The van der Waals surface area contributed by atoms with Crippen molar-refractivity contribution in [1.29, 1.82) is 0 Å². The molecule has 13 heavy (non-hydrogen) atoms. The van der Waals surface area contributed by atoms with Crippen molar-refractivity contribution in [3.63, 3.8) is 0 Å². The number of hydrogen-bond donors (Lipinski definition) is 1. The summed E-state index contributed by atoms with van der Waals surface area (Å²) in [5, 5.41) is 8.31. The summed E-state index contributed by atoms with van der Waals surface area (Å²) in [6.45, 7) is 0. The quantitative estimate of drug-likeness (QED) is 0.877. The van der Waals surface area contributed by atoms with Crippen molar-refractivity contribution in [1.82, 2.24) is 0 Å². The SMILES string of the molecule is O=C(O)C(F)c1ccc(F)c(Br)c1. The highest BCUT2D eigenvalue weighted by atomic mass is 79.9. The van der Waals surface area contributed by atoms with Gasteiger partial charge < -0.3 is 5.11 Å². The zero-order valence-electron chi connectivity index (χ0n) is 6.30. The van der Waals surface area contributed by atoms with Crippen LogP contribution in [0.5, 0.6) is 0 Å². The number of aliphatic carboxylic acids is 1. The van der Waals surface area contributed by atoms with E-state index in [1.807, 2.05) is 0 Å². The van der Waals surface area contributed by atoms with Crippen LogP contribution >= 0.6 is 15.9 Å². The summed E-state index contributed by atoms with van der Waals surface area (Å²) in [7, 11) is 0. The Bertz CT molecular complexity index is 341. The van der Waals surface area contributed by atoms with E-state index in [1.54, 1.807) is 0 Å². The minimum absolute atomic E-state index is 0.0499. The third-order valence-electron chi connectivity index (χ3n) is 1.45. The monoisotopic (exact) mass is 250 g/mol. The van der Waals surface area contributed by atoms with Gasteiger partial charge in [-0.25, -0.2) is 13.6 Å². The van der Waals surface area contributed by atoms with Gasteiger partial charge in [-0.15, -0.1) is 0 Å². The second kappa shape index (κ2) is 3.83. The van der Waals surface area contributed by atoms with E-state index in [2.05, 4.69) is 15.9 Å². The van der Waals surface area contributed by atoms with Gasteiger partial charge in [-0.2, -0.15) is 0 Å². The van der Waals surface area contributed by atoms with Gasteiger partial charge in [0.2, 0.25) is 6.17 Å². The maximum atomic E-state index is 12.8. The molecule has 0 heterocycles. The number of carboxylic acid groups (broad SMARTS) is 1. The van der Waals surface area contributed by atoms with Crippen LogP contribution in [0.25, 0.3) is 0 Å². The van der Waals surface area contributed by atoms with Crippen LogP contribution in [0, 0.1) is 5.82 Å². The Hall–Kier alpha value is -0.970. The molecule has 2 nitrogen and oxygen atoms in total. The van der Waals surface area contributed by atoms with Gasteiger partial charge in [-0.05, 0) is 33.6 Å². The molecule has 5 heteroatoms. The molecule has 0 fully saturated rings. The van der Waals surface area contributed by atoms with E-state index in [1.165, 1.54) is 0 Å². The molecular formula is C8H5BrF2O2. The highest BCUT2D eigenvalue weighted by Gasteiger charge is 2.18. The summed E-state index contributed by atoms with van der Waals surface area (Å²) < 4.78 is 25.5. The van der Waals surface area contributed by atoms with E-state index in [0.29, 0.717) is 0 Å². The molecule has 1 atom stereocenters. The first-order valence-corrected chi connectivity index (χ1v) is 4.13. The molecular weight excluding hydrogens is 246 g/mol. The Labute approximate surface area is 81.3 Å². The van der Waals surface area contributed by atoms with Crippen LogP contribution in [0.1, 0.15) is 11.7 Å². The van der Waals surface area contributed by atoms with E-state index < -0.39 is 18.0 Å². The molecule has 1 aromatic carbocycles. The molecule has 0 aromatic heterocycles. The lowest BCUT2D eigenvalue weighted by atomic mass is 10.1. The predicted octanol–water partition coefficient (Wildman–Crippen LogP) is 2.68. The lowest BCUT2D eigenvalue weighted by Crippen LogP contribution is -2.05. The molecule has 0 amide bonds. The molecule has 0 aliphatic heterocycles. The van der Waals surface area contributed by atoms with Gasteiger partial charge in [-0.3, -0.25) is 0 Å². The highest BCUT2D eigenvalue weighted by molar-refractivity contribution is 9.10. The molecule has 0 bridgehead atoms. The van der Waals surface area contributed by atoms with Crippen LogP contribution in [0.3, 0.4) is 0 Å². The number of halogens is 3. The number of carbonyl (C=O) groups is 1. The van der Waals surface area contributed by atoms with Crippen LogP contribution in [-0.4, -0.2) is 11.1 Å². The molecule has 1 unspecified atom stereocenters. The molecule has 0 aliphatic rings. The molecule has 0 radical (unpaired) electrons. The van der Waals surface area contributed by atoms with Crippen molar-refractivity contribution < 1.29 is 18.7 Å². The van der Waals surface area contributed by atoms with E-state index in [4.69, 9.17) is 5.11 Å². The average molecular weight is 251 g/mol. The van der Waals surface area contributed by atoms with Crippen molar-refractivity contribution in [2.24, 2.45) is 0 Å². The van der Waals surface area contributed by atoms with Crippen molar-refractivity contribution in [3.8, 4) is 0 Å². The molecule has 1 N–H and O–H groups in total. The first-order valence-electron chi connectivity index (χ1n) is 3.34. The minimum atomic E-state index is -2.11. The lowest BCUT2D eigenvalue weighted by molar-refractivity contribution is -0.143. The molecule has 0 saturated carbocycles. The van der Waals surface area contributed by atoms with Crippen LogP contribution in [0.15, 0.2) is 22.7 Å². The highest BCUT2D eigenvalue weighted by Crippen LogP contribution is 2.23. The van der Waals surface area contributed by atoms with Gasteiger partial charge in [0.15, 0.2) is 0 Å². The third-order valence-corrected chi connectivity index (χ3v) is 2.06. The van der Waals surface area contributed by atoms with Gasteiger partial charge >= 0.3 is 5.97 Å². The average Bonchev–Trinajstić information content (AvgIpc) is 2.08. The van der Waals surface area contributed by atoms with Gasteiger partial charge in [0.1, 0.15) is 5.82 Å². The van der Waals surface area contributed by atoms with E-state index >= 15 is 0 Å². The standard InChI is InChI=1S/C8H5BrF2O2/c9-5-3-4(1-2-6(5)10)7(11)8(12)13/h1-3,7H,(H,12,13). The zero-order chi connectivity index (χ0) is 10.0. The summed E-state index contributed by atoms with van der Waals surface area (Å²) in [6.07, 6.45) is -2.11. The predicted molar refractivity (Wildman–Crippen MR) is 45.6 cm³/mol. The summed E-state index contributed by atoms with van der Waals surface area (Å²) in [6, 6.07) is 3.21. The summed E-state index contributed by atoms with van der Waals surface area (Å²) in [4.78, 5) is 10.2. The molecule has 0 saturated heterocycles. The largest absolute Gasteiger partial charge is 0.479 e. The Balaban J connectivity index is 3.03. The first-order chi connectivity index (χ1) is 6.02. The zero-order valence-corrected chi connectivity index (χ0v) is 7.88. The van der Waals surface area contributed by atoms with Crippen molar-refractivity contribution in [3.05, 3.63) is 34.1 Å². The molecule has 1 aromatic rings. The second-order valence-corrected chi connectivity index (χ2v) is 3.23. The first kappa shape index (κ1) is 10.1. The fraction of sp³-hybridized carbons (Fsp3) is 0.125. The van der Waals surface area contributed by atoms with Crippen molar-refractivity contribution in [2.45, 2.75) is 6.17 Å². The minimum Gasteiger partial charge on any atom is -0.479 e. The summed E-state index contributed by atoms with van der Waals surface area (Å²) in [5.74, 6) is -2.14. The van der Waals surface area contributed by atoms with Crippen LogP contribution in [0.2, 0.25) is 0 Å². The topological polar surface area (TPSA) is 37.3 Å². The third kappa shape index (κ3) is 2.24. The van der Waals surface area contributed by atoms with Gasteiger partial charge in [-0.1, -0.05) is 6.07 Å². The van der Waals surface area contributed by atoms with Gasteiger partial charge in [0, 0.05) is 0 Å². The number of carboxylic acids is 1. The second-order valence-electron chi connectivity index (χ2n) is 2.37. The maximum absolute atomic E-state index is 12.8. The van der Waals surface area contributed by atoms with Crippen molar-refractivity contribution in [2.75, 3.05) is 0 Å². The summed E-state index contributed by atoms with van der Waals surface area (Å²) >= 11 is 2.83. The summed E-state index contributed by atoms with van der Waals surface area (Å²) in [5.41, 5.74) is -0.0826. The maximum Gasteiger partial charge on any atom is 0.343 e. The van der Waals surface area contributed by atoms with Gasteiger partial charge in [0.05, 0.1) is 4.47 Å². The molecule has 70 valence electrons. The Kier molecular flexibility index (Phi) is 2.98. The number of rotatable bonds is 2. The molecule has 0 spiro atoms. The van der Waals surface area contributed by atoms with Crippen LogP contribution < -0.4 is 0 Å². The Morgan fingerprint density at radius 1 is 1.54 bits per heavy atom. The van der Waals surface area contributed by atoms with Crippen LogP contribution in [0.4, 0.5) is 8.78 Å². The van der Waals surface area contributed by atoms with Crippen LogP contribution in [-0.2, 0) is 4.79 Å². The van der Waals surface area contributed by atoms with Gasteiger partial charge in [0.25, 0.3) is 0 Å². The van der Waals surface area contributed by atoms with E-state index in [0.717, 1.165) is 18.2 Å².